The zero-order valence-electron chi connectivity index (χ0n) is 37.5. The van der Waals surface area contributed by atoms with Gasteiger partial charge in [0.25, 0.3) is 0 Å². The summed E-state index contributed by atoms with van der Waals surface area (Å²) >= 11 is 0. The molecule has 0 saturated carbocycles. The average molecular weight is 838 g/mol. The normalized spacial score (nSPS) is 15.3. The molecule has 9 aromatic carbocycles. The van der Waals surface area contributed by atoms with Crippen molar-refractivity contribution in [1.29, 1.82) is 0 Å². The fraction of sp³-hybridized carbons (Fsp3) is 0.143. The molecule has 2 aliphatic carbocycles. The van der Waals surface area contributed by atoms with Gasteiger partial charge in [-0.2, -0.15) is 0 Å². The molecule has 12 rings (SSSR count). The molecule has 1 aromatic heterocycles. The first kappa shape index (κ1) is 39.2. The van der Waals surface area contributed by atoms with Gasteiger partial charge in [0.15, 0.2) is 0 Å². The second kappa shape index (κ2) is 14.8. The van der Waals surface area contributed by atoms with Crippen LogP contribution in [0.1, 0.15) is 73.9 Å². The fourth-order valence-corrected chi connectivity index (χ4v) is 11.3. The summed E-state index contributed by atoms with van der Waals surface area (Å²) in [6, 6.07) is 78.5. The van der Waals surface area contributed by atoms with Crippen LogP contribution < -0.4 is 4.90 Å². The van der Waals surface area contributed by atoms with Crippen LogP contribution >= 0.6 is 0 Å². The molecule has 65 heavy (non-hydrogen) atoms. The Morgan fingerprint density at radius 3 is 1.52 bits per heavy atom. The summed E-state index contributed by atoms with van der Waals surface area (Å²) in [5.74, 6) is 0. The number of rotatable bonds is 7. The van der Waals surface area contributed by atoms with E-state index >= 15 is 0 Å². The van der Waals surface area contributed by atoms with Crippen molar-refractivity contribution in [2.45, 2.75) is 56.8 Å². The molecule has 0 atom stereocenters. The second-order valence-corrected chi connectivity index (χ2v) is 19.5. The largest absolute Gasteiger partial charge is 0.456 e. The molecule has 0 spiro atoms. The highest BCUT2D eigenvalue weighted by atomic mass is 16.3. The minimum absolute atomic E-state index is 0.0287. The lowest BCUT2D eigenvalue weighted by atomic mass is 9.61. The van der Waals surface area contributed by atoms with Gasteiger partial charge in [-0.15, -0.1) is 0 Å². The number of anilines is 3. The smallest absolute Gasteiger partial charge is 0.137 e. The Balaban J connectivity index is 1.12. The minimum atomic E-state index is -0.556. The van der Waals surface area contributed by atoms with Crippen molar-refractivity contribution in [2.75, 3.05) is 4.90 Å². The highest BCUT2D eigenvalue weighted by Gasteiger charge is 2.50. The summed E-state index contributed by atoms with van der Waals surface area (Å²) in [7, 11) is 0. The molecule has 0 N–H and O–H groups in total. The van der Waals surface area contributed by atoms with Gasteiger partial charge in [-0.05, 0) is 127 Å². The van der Waals surface area contributed by atoms with E-state index in [-0.39, 0.29) is 10.8 Å². The number of hydrogen-bond acceptors (Lipinski definition) is 2. The first-order valence-corrected chi connectivity index (χ1v) is 23.1. The Kier molecular flexibility index (Phi) is 8.94. The highest BCUT2D eigenvalue weighted by Crippen LogP contribution is 2.62. The summed E-state index contributed by atoms with van der Waals surface area (Å²) < 4.78 is 6.61. The van der Waals surface area contributed by atoms with Crippen LogP contribution in [0.2, 0.25) is 0 Å². The van der Waals surface area contributed by atoms with Crippen LogP contribution in [-0.4, -0.2) is 0 Å². The number of para-hydroxylation sites is 1. The van der Waals surface area contributed by atoms with Gasteiger partial charge in [0.05, 0.1) is 11.1 Å². The van der Waals surface area contributed by atoms with Gasteiger partial charge < -0.3 is 9.32 Å². The topological polar surface area (TPSA) is 16.4 Å². The Morgan fingerprint density at radius 2 is 0.892 bits per heavy atom. The number of furan rings is 1. The third-order valence-electron chi connectivity index (χ3n) is 14.8. The van der Waals surface area contributed by atoms with Crippen LogP contribution in [0.5, 0.6) is 0 Å². The molecule has 0 saturated heterocycles. The molecule has 0 radical (unpaired) electrons. The van der Waals surface area contributed by atoms with Crippen molar-refractivity contribution in [3.05, 3.63) is 246 Å². The summed E-state index contributed by atoms with van der Waals surface area (Å²) in [5.41, 5.74) is 20.0. The molecule has 0 bridgehead atoms. The SMILES string of the molecule is CC1(C)CCC(C)(C)c2cc3c(cc21)-c1c(N(c2ccc(-c4ccc(-c5ccccc5)cc4)cc2)c2ccc4c(c2)oc2ccccc24)cccc1C3(c1ccccc1)c1ccccc1. The van der Waals surface area contributed by atoms with Gasteiger partial charge >= 0.3 is 0 Å². The zero-order valence-corrected chi connectivity index (χ0v) is 37.5. The lowest BCUT2D eigenvalue weighted by Crippen LogP contribution is -2.35. The molecule has 314 valence electrons. The van der Waals surface area contributed by atoms with E-state index in [0.29, 0.717) is 0 Å². The summed E-state index contributed by atoms with van der Waals surface area (Å²) in [4.78, 5) is 2.47. The van der Waals surface area contributed by atoms with Crippen LogP contribution in [-0.2, 0) is 16.2 Å². The molecule has 2 nitrogen and oxygen atoms in total. The summed E-state index contributed by atoms with van der Waals surface area (Å²) in [5, 5.41) is 2.24. The van der Waals surface area contributed by atoms with Crippen molar-refractivity contribution in [2.24, 2.45) is 0 Å². The third kappa shape index (κ3) is 6.15. The van der Waals surface area contributed by atoms with E-state index in [0.717, 1.165) is 51.8 Å². The van der Waals surface area contributed by atoms with Crippen LogP contribution in [0.4, 0.5) is 17.1 Å². The Labute approximate surface area is 382 Å². The maximum Gasteiger partial charge on any atom is 0.137 e. The van der Waals surface area contributed by atoms with Crippen molar-refractivity contribution < 1.29 is 4.42 Å². The second-order valence-electron chi connectivity index (χ2n) is 19.5. The highest BCUT2D eigenvalue weighted by molar-refractivity contribution is 6.07. The van der Waals surface area contributed by atoms with Gasteiger partial charge in [-0.1, -0.05) is 191 Å². The van der Waals surface area contributed by atoms with Gasteiger partial charge in [0.2, 0.25) is 0 Å². The lowest BCUT2D eigenvalue weighted by molar-refractivity contribution is 0.331. The van der Waals surface area contributed by atoms with Crippen LogP contribution in [0, 0.1) is 0 Å². The molecule has 2 aliphatic rings. The van der Waals surface area contributed by atoms with E-state index in [1.54, 1.807) is 0 Å². The van der Waals surface area contributed by atoms with Gasteiger partial charge in [-0.25, -0.2) is 0 Å². The van der Waals surface area contributed by atoms with Crippen molar-refractivity contribution >= 4 is 39.0 Å². The van der Waals surface area contributed by atoms with Crippen LogP contribution in [0.15, 0.2) is 217 Å². The van der Waals surface area contributed by atoms with Gasteiger partial charge in [0, 0.05) is 33.8 Å². The molecule has 10 aromatic rings. The van der Waals surface area contributed by atoms with E-state index in [2.05, 4.69) is 239 Å². The molecule has 0 fully saturated rings. The minimum Gasteiger partial charge on any atom is -0.456 e. The lowest BCUT2D eigenvalue weighted by Gasteiger charge is -2.43. The van der Waals surface area contributed by atoms with E-state index in [9.17, 15) is 0 Å². The standard InChI is InChI=1S/C63H51NO/c1-61(2)37-38-62(3,4)56-41-54-52(40-55(56)61)60-53(63(54,46-19-10-6-11-20-46)47-21-12-7-13-22-47)24-16-25-57(60)64(49-35-36-51-50-23-14-15-26-58(50)65-59(51)39-49)48-33-31-45(32-34-48)44-29-27-43(28-30-44)42-17-8-5-9-18-42/h5-36,39-41H,37-38H2,1-4H3. The predicted molar refractivity (Wildman–Crippen MR) is 272 cm³/mol. The molecular weight excluding hydrogens is 787 g/mol. The van der Waals surface area contributed by atoms with E-state index in [1.807, 2.05) is 6.07 Å². The molecule has 0 aliphatic heterocycles. The molecule has 2 heteroatoms. The van der Waals surface area contributed by atoms with Crippen LogP contribution in [0.25, 0.3) is 55.3 Å². The molecule has 0 amide bonds. The Morgan fingerprint density at radius 1 is 0.385 bits per heavy atom. The predicted octanol–water partition coefficient (Wildman–Crippen LogP) is 17.1. The monoisotopic (exact) mass is 837 g/mol. The maximum absolute atomic E-state index is 6.61. The number of nitrogens with zero attached hydrogens (tertiary/aromatic N) is 1. The fourth-order valence-electron chi connectivity index (χ4n) is 11.3. The Bertz CT molecular complexity index is 3360. The van der Waals surface area contributed by atoms with Crippen molar-refractivity contribution in [3.8, 4) is 33.4 Å². The van der Waals surface area contributed by atoms with E-state index in [1.165, 1.54) is 66.8 Å². The van der Waals surface area contributed by atoms with Gasteiger partial charge in [0.1, 0.15) is 11.2 Å². The van der Waals surface area contributed by atoms with Crippen LogP contribution in [0.3, 0.4) is 0 Å². The number of hydrogen-bond donors (Lipinski definition) is 0. The average Bonchev–Trinajstić information content (AvgIpc) is 3.87. The van der Waals surface area contributed by atoms with E-state index < -0.39 is 5.41 Å². The summed E-state index contributed by atoms with van der Waals surface area (Å²) in [6.07, 6.45) is 2.30. The quantitative estimate of drug-likeness (QED) is 0.159. The van der Waals surface area contributed by atoms with Crippen molar-refractivity contribution in [3.63, 3.8) is 0 Å². The third-order valence-corrected chi connectivity index (χ3v) is 14.8. The van der Waals surface area contributed by atoms with Crippen molar-refractivity contribution in [1.82, 2.24) is 0 Å². The first-order chi connectivity index (χ1) is 31.7. The number of benzene rings is 9. The zero-order chi connectivity index (χ0) is 43.9. The van der Waals surface area contributed by atoms with E-state index in [4.69, 9.17) is 4.42 Å². The first-order valence-electron chi connectivity index (χ1n) is 23.1. The molecule has 1 heterocycles. The number of fused-ring (bicyclic) bond motifs is 7. The molecule has 0 unspecified atom stereocenters. The summed E-state index contributed by atoms with van der Waals surface area (Å²) in [6.45, 7) is 9.79. The van der Waals surface area contributed by atoms with Gasteiger partial charge in [-0.3, -0.25) is 0 Å². The maximum atomic E-state index is 6.61. The Hall–Kier alpha value is -7.42. The molecular formula is C63H51NO.